The number of aromatic nitrogens is 1. The Kier molecular flexibility index (Phi) is 7.01. The van der Waals surface area contributed by atoms with Gasteiger partial charge in [0.05, 0.1) is 19.3 Å². The molecule has 6 heteroatoms. The van der Waals surface area contributed by atoms with Crippen LogP contribution in [-0.2, 0) is 22.7 Å². The van der Waals surface area contributed by atoms with Crippen molar-refractivity contribution in [3.63, 3.8) is 0 Å². The maximum Gasteiger partial charge on any atom is 0.236 e. The number of aromatic hydroxyl groups is 1. The summed E-state index contributed by atoms with van der Waals surface area (Å²) in [5.41, 5.74) is 2.05. The van der Waals surface area contributed by atoms with Gasteiger partial charge in [-0.15, -0.1) is 0 Å². The zero-order valence-corrected chi connectivity index (χ0v) is 16.6. The smallest absolute Gasteiger partial charge is 0.236 e. The van der Waals surface area contributed by atoms with Crippen LogP contribution in [0.25, 0.3) is 0 Å². The second-order valence-corrected chi connectivity index (χ2v) is 7.82. The van der Waals surface area contributed by atoms with Crippen LogP contribution in [0.4, 0.5) is 0 Å². The minimum atomic E-state index is -0.0734. The monoisotopic (exact) mass is 383 g/mol. The Morgan fingerprint density at radius 2 is 1.96 bits per heavy atom. The molecule has 6 nitrogen and oxygen atoms in total. The van der Waals surface area contributed by atoms with Crippen LogP contribution in [0.1, 0.15) is 25.0 Å². The standard InChI is InChI=1S/C22H29N3O3/c1-17(2)11-25-14-21(28-16-18-6-8-23-9-7-18)13-24(15-22(25)27)12-19-4-3-5-20(26)10-19/h3-10,17,21,26H,11-16H2,1-2H3. The van der Waals surface area contributed by atoms with Gasteiger partial charge >= 0.3 is 0 Å². The Morgan fingerprint density at radius 1 is 1.18 bits per heavy atom. The van der Waals surface area contributed by atoms with Gasteiger partial charge in [0.15, 0.2) is 0 Å². The summed E-state index contributed by atoms with van der Waals surface area (Å²) < 4.78 is 6.19. The molecule has 1 fully saturated rings. The minimum absolute atomic E-state index is 0.0734. The third kappa shape index (κ3) is 6.04. The summed E-state index contributed by atoms with van der Waals surface area (Å²) >= 11 is 0. The van der Waals surface area contributed by atoms with Crippen molar-refractivity contribution in [1.29, 1.82) is 0 Å². The average Bonchev–Trinajstić information content (AvgIpc) is 2.79. The summed E-state index contributed by atoms with van der Waals surface area (Å²) in [4.78, 5) is 20.9. The fraction of sp³-hybridized carbons (Fsp3) is 0.455. The molecule has 28 heavy (non-hydrogen) atoms. The summed E-state index contributed by atoms with van der Waals surface area (Å²) in [6, 6.07) is 11.1. The highest BCUT2D eigenvalue weighted by atomic mass is 16.5. The molecule has 0 spiro atoms. The summed E-state index contributed by atoms with van der Waals surface area (Å²) in [7, 11) is 0. The van der Waals surface area contributed by atoms with Crippen LogP contribution in [0, 0.1) is 5.92 Å². The van der Waals surface area contributed by atoms with E-state index in [9.17, 15) is 9.90 Å². The van der Waals surface area contributed by atoms with Crippen molar-refractivity contribution in [2.24, 2.45) is 5.92 Å². The van der Waals surface area contributed by atoms with E-state index in [1.165, 1.54) is 0 Å². The quantitative estimate of drug-likeness (QED) is 0.796. The Morgan fingerprint density at radius 3 is 2.68 bits per heavy atom. The number of phenolic OH excluding ortho intramolecular Hbond substituents is 1. The minimum Gasteiger partial charge on any atom is -0.508 e. The summed E-state index contributed by atoms with van der Waals surface area (Å²) in [5, 5.41) is 9.73. The number of carbonyl (C=O) groups is 1. The molecular formula is C22H29N3O3. The third-order valence-corrected chi connectivity index (χ3v) is 4.73. The van der Waals surface area contributed by atoms with E-state index in [1.807, 2.05) is 29.2 Å². The lowest BCUT2D eigenvalue weighted by Gasteiger charge is -2.26. The van der Waals surface area contributed by atoms with Crippen LogP contribution >= 0.6 is 0 Å². The number of phenols is 1. The highest BCUT2D eigenvalue weighted by Crippen LogP contribution is 2.17. The molecule has 1 N–H and O–H groups in total. The van der Waals surface area contributed by atoms with Crippen LogP contribution in [0.5, 0.6) is 5.75 Å². The maximum absolute atomic E-state index is 12.8. The lowest BCUT2D eigenvalue weighted by atomic mass is 10.2. The number of carbonyl (C=O) groups excluding carboxylic acids is 1. The zero-order valence-electron chi connectivity index (χ0n) is 16.6. The first-order chi connectivity index (χ1) is 13.5. The number of amides is 1. The van der Waals surface area contributed by atoms with Gasteiger partial charge in [0.1, 0.15) is 5.75 Å². The molecule has 0 aliphatic carbocycles. The summed E-state index contributed by atoms with van der Waals surface area (Å²) in [6.07, 6.45) is 3.44. The van der Waals surface area contributed by atoms with Crippen molar-refractivity contribution in [2.45, 2.75) is 33.1 Å². The number of hydrogen-bond acceptors (Lipinski definition) is 5. The van der Waals surface area contributed by atoms with Gasteiger partial charge in [-0.25, -0.2) is 0 Å². The van der Waals surface area contributed by atoms with Gasteiger partial charge in [0, 0.05) is 38.6 Å². The van der Waals surface area contributed by atoms with E-state index < -0.39 is 0 Å². The van der Waals surface area contributed by atoms with E-state index in [0.29, 0.717) is 38.7 Å². The van der Waals surface area contributed by atoms with Gasteiger partial charge in [-0.05, 0) is 41.3 Å². The van der Waals surface area contributed by atoms with Gasteiger partial charge in [-0.1, -0.05) is 26.0 Å². The van der Waals surface area contributed by atoms with E-state index in [1.54, 1.807) is 24.5 Å². The number of hydrogen-bond donors (Lipinski definition) is 1. The van der Waals surface area contributed by atoms with Crippen molar-refractivity contribution >= 4 is 5.91 Å². The molecule has 0 saturated carbocycles. The highest BCUT2D eigenvalue weighted by Gasteiger charge is 2.28. The molecular weight excluding hydrogens is 354 g/mol. The normalized spacial score (nSPS) is 18.5. The van der Waals surface area contributed by atoms with Gasteiger partial charge < -0.3 is 14.7 Å². The van der Waals surface area contributed by atoms with Gasteiger partial charge in [0.2, 0.25) is 5.91 Å². The van der Waals surface area contributed by atoms with Crippen molar-refractivity contribution in [1.82, 2.24) is 14.8 Å². The first-order valence-corrected chi connectivity index (χ1v) is 9.78. The molecule has 1 amide bonds. The van der Waals surface area contributed by atoms with Crippen LogP contribution in [0.3, 0.4) is 0 Å². The molecule has 150 valence electrons. The van der Waals surface area contributed by atoms with Crippen molar-refractivity contribution in [3.8, 4) is 5.75 Å². The second kappa shape index (κ2) is 9.66. The van der Waals surface area contributed by atoms with E-state index in [4.69, 9.17) is 4.74 Å². The van der Waals surface area contributed by atoms with Crippen molar-refractivity contribution in [2.75, 3.05) is 26.2 Å². The fourth-order valence-electron chi connectivity index (χ4n) is 3.50. The molecule has 1 atom stereocenters. The van der Waals surface area contributed by atoms with E-state index in [-0.39, 0.29) is 17.8 Å². The molecule has 1 aliphatic rings. The second-order valence-electron chi connectivity index (χ2n) is 7.82. The Bertz CT molecular complexity index is 767. The first-order valence-electron chi connectivity index (χ1n) is 9.78. The molecule has 2 heterocycles. The SMILES string of the molecule is CC(C)CN1CC(OCc2ccncc2)CN(Cc2cccc(O)c2)CC1=O. The highest BCUT2D eigenvalue weighted by molar-refractivity contribution is 5.78. The Hall–Kier alpha value is -2.44. The van der Waals surface area contributed by atoms with Crippen LogP contribution in [0.15, 0.2) is 48.8 Å². The molecule has 1 aliphatic heterocycles. The lowest BCUT2D eigenvalue weighted by Crippen LogP contribution is -2.40. The Labute approximate surface area is 166 Å². The maximum atomic E-state index is 12.8. The molecule has 1 aromatic carbocycles. The van der Waals surface area contributed by atoms with Crippen LogP contribution in [0.2, 0.25) is 0 Å². The van der Waals surface area contributed by atoms with Gasteiger partial charge in [-0.3, -0.25) is 14.7 Å². The number of pyridine rings is 1. The van der Waals surface area contributed by atoms with E-state index in [0.717, 1.165) is 17.7 Å². The molecule has 2 aromatic rings. The van der Waals surface area contributed by atoms with Crippen molar-refractivity contribution in [3.05, 3.63) is 59.9 Å². The molecule has 1 unspecified atom stereocenters. The molecule has 1 saturated heterocycles. The van der Waals surface area contributed by atoms with Crippen molar-refractivity contribution < 1.29 is 14.6 Å². The third-order valence-electron chi connectivity index (χ3n) is 4.73. The first kappa shape index (κ1) is 20.3. The zero-order chi connectivity index (χ0) is 19.9. The molecule has 1 aromatic heterocycles. The predicted molar refractivity (Wildman–Crippen MR) is 108 cm³/mol. The topological polar surface area (TPSA) is 65.9 Å². The number of benzene rings is 1. The fourth-order valence-corrected chi connectivity index (χ4v) is 3.50. The Balaban J connectivity index is 1.70. The van der Waals surface area contributed by atoms with Crippen LogP contribution < -0.4 is 0 Å². The predicted octanol–water partition coefficient (Wildman–Crippen LogP) is 2.67. The summed E-state index contributed by atoms with van der Waals surface area (Å²) in [5.74, 6) is 0.775. The average molecular weight is 383 g/mol. The number of nitrogens with zero attached hydrogens (tertiary/aromatic N) is 3. The van der Waals surface area contributed by atoms with E-state index >= 15 is 0 Å². The summed E-state index contributed by atoms with van der Waals surface area (Å²) in [6.45, 7) is 7.69. The number of ether oxygens (including phenoxy) is 1. The van der Waals surface area contributed by atoms with E-state index in [2.05, 4.69) is 23.7 Å². The molecule has 0 bridgehead atoms. The number of rotatable bonds is 7. The largest absolute Gasteiger partial charge is 0.508 e. The van der Waals surface area contributed by atoms with Gasteiger partial charge in [0.25, 0.3) is 0 Å². The van der Waals surface area contributed by atoms with Gasteiger partial charge in [-0.2, -0.15) is 0 Å². The van der Waals surface area contributed by atoms with Crippen LogP contribution in [-0.4, -0.2) is 58.1 Å². The molecule has 3 rings (SSSR count). The lowest BCUT2D eigenvalue weighted by molar-refractivity contribution is -0.132. The molecule has 0 radical (unpaired) electrons.